The molecule has 23 heavy (non-hydrogen) atoms. The molecule has 0 aliphatic heterocycles. The Hall–Kier alpha value is -2.43. The molecule has 1 aromatic carbocycles. The van der Waals surface area contributed by atoms with Gasteiger partial charge in [0.05, 0.1) is 11.9 Å². The normalized spacial score (nSPS) is 10.3. The van der Waals surface area contributed by atoms with Crippen molar-refractivity contribution < 1.29 is 9.18 Å². The number of halogens is 1. The lowest BCUT2D eigenvalue weighted by Gasteiger charge is -2.07. The molecule has 2 N–H and O–H groups in total. The van der Waals surface area contributed by atoms with Gasteiger partial charge in [-0.2, -0.15) is 0 Å². The van der Waals surface area contributed by atoms with E-state index in [1.54, 1.807) is 24.4 Å². The van der Waals surface area contributed by atoms with Crippen molar-refractivity contribution in [2.45, 2.75) is 26.2 Å². The number of hydrogen-bond donors (Lipinski definition) is 2. The highest BCUT2D eigenvalue weighted by atomic mass is 19.1. The number of nitrogens with one attached hydrogen (secondary N) is 2. The first-order valence-corrected chi connectivity index (χ1v) is 7.91. The molecule has 0 aliphatic rings. The van der Waals surface area contributed by atoms with Gasteiger partial charge < -0.3 is 10.6 Å². The first-order valence-electron chi connectivity index (χ1n) is 7.91. The minimum atomic E-state index is -0.223. The van der Waals surface area contributed by atoms with E-state index in [9.17, 15) is 9.18 Å². The van der Waals surface area contributed by atoms with E-state index < -0.39 is 0 Å². The monoisotopic (exact) mass is 315 g/mol. The van der Waals surface area contributed by atoms with Crippen LogP contribution in [0.1, 0.15) is 35.8 Å². The molecule has 0 fully saturated rings. The maximum Gasteiger partial charge on any atom is 0.269 e. The van der Waals surface area contributed by atoms with E-state index in [4.69, 9.17) is 0 Å². The van der Waals surface area contributed by atoms with Crippen LogP contribution in [-0.2, 0) is 6.42 Å². The number of unbranched alkanes of at least 4 members (excludes halogenated alkanes) is 1. The standard InChI is InChI=1S/C18H22FN3O/c1-2-3-11-21-18(23)17-9-8-16(13-22-17)20-12-10-14-4-6-15(19)7-5-14/h4-9,13,20H,2-3,10-12H2,1H3,(H,21,23). The number of carbonyl (C=O) groups excluding carboxylic acids is 1. The Morgan fingerprint density at radius 3 is 2.57 bits per heavy atom. The van der Waals surface area contributed by atoms with Gasteiger partial charge in [-0.15, -0.1) is 0 Å². The van der Waals surface area contributed by atoms with E-state index in [1.165, 1.54) is 12.1 Å². The zero-order chi connectivity index (χ0) is 16.5. The fourth-order valence-electron chi connectivity index (χ4n) is 2.10. The average molecular weight is 315 g/mol. The number of pyridine rings is 1. The first-order chi connectivity index (χ1) is 11.2. The summed E-state index contributed by atoms with van der Waals surface area (Å²) in [5, 5.41) is 6.07. The van der Waals surface area contributed by atoms with Gasteiger partial charge in [-0.25, -0.2) is 9.37 Å². The first kappa shape index (κ1) is 16.9. The SMILES string of the molecule is CCCCNC(=O)c1ccc(NCCc2ccc(F)cc2)cn1. The number of nitrogens with zero attached hydrogens (tertiary/aromatic N) is 1. The number of aromatic nitrogens is 1. The molecule has 0 radical (unpaired) electrons. The van der Waals surface area contributed by atoms with E-state index in [-0.39, 0.29) is 11.7 Å². The lowest BCUT2D eigenvalue weighted by atomic mass is 10.1. The number of benzene rings is 1. The molecule has 0 atom stereocenters. The highest BCUT2D eigenvalue weighted by Crippen LogP contribution is 2.08. The Balaban J connectivity index is 1.78. The van der Waals surface area contributed by atoms with Gasteiger partial charge in [-0.1, -0.05) is 25.5 Å². The summed E-state index contributed by atoms with van der Waals surface area (Å²) in [6.45, 7) is 3.47. The number of amides is 1. The van der Waals surface area contributed by atoms with Crippen molar-refractivity contribution in [3.8, 4) is 0 Å². The van der Waals surface area contributed by atoms with Crippen LogP contribution in [0.3, 0.4) is 0 Å². The lowest BCUT2D eigenvalue weighted by molar-refractivity contribution is 0.0948. The van der Waals surface area contributed by atoms with Crippen LogP contribution in [0.4, 0.5) is 10.1 Å². The fourth-order valence-corrected chi connectivity index (χ4v) is 2.10. The molecule has 1 heterocycles. The van der Waals surface area contributed by atoms with Crippen LogP contribution < -0.4 is 10.6 Å². The Labute approximate surface area is 136 Å². The molecule has 122 valence electrons. The van der Waals surface area contributed by atoms with Gasteiger partial charge in [0, 0.05) is 13.1 Å². The summed E-state index contributed by atoms with van der Waals surface area (Å²) in [5.74, 6) is -0.366. The average Bonchev–Trinajstić information content (AvgIpc) is 2.57. The van der Waals surface area contributed by atoms with E-state index in [0.717, 1.165) is 37.1 Å². The van der Waals surface area contributed by atoms with Gasteiger partial charge in [-0.05, 0) is 42.7 Å². The van der Waals surface area contributed by atoms with Gasteiger partial charge >= 0.3 is 0 Å². The molecule has 2 aromatic rings. The highest BCUT2D eigenvalue weighted by molar-refractivity contribution is 5.92. The molecular weight excluding hydrogens is 293 g/mol. The molecule has 0 aliphatic carbocycles. The summed E-state index contributed by atoms with van der Waals surface area (Å²) in [7, 11) is 0. The van der Waals surface area contributed by atoms with Crippen LogP contribution in [0.2, 0.25) is 0 Å². The largest absolute Gasteiger partial charge is 0.383 e. The fraction of sp³-hybridized carbons (Fsp3) is 0.333. The topological polar surface area (TPSA) is 54.0 Å². The Bertz CT molecular complexity index is 611. The van der Waals surface area contributed by atoms with Crippen LogP contribution in [0, 0.1) is 5.82 Å². The predicted octanol–water partition coefficient (Wildman–Crippen LogP) is 3.41. The smallest absolute Gasteiger partial charge is 0.269 e. The molecule has 0 saturated carbocycles. The van der Waals surface area contributed by atoms with E-state index in [0.29, 0.717) is 12.2 Å². The second-order valence-electron chi connectivity index (χ2n) is 5.34. The van der Waals surface area contributed by atoms with Gasteiger partial charge in [-0.3, -0.25) is 4.79 Å². The maximum absolute atomic E-state index is 12.8. The van der Waals surface area contributed by atoms with Crippen molar-refractivity contribution in [1.29, 1.82) is 0 Å². The summed E-state index contributed by atoms with van der Waals surface area (Å²) < 4.78 is 12.8. The quantitative estimate of drug-likeness (QED) is 0.734. The van der Waals surface area contributed by atoms with Crippen molar-refractivity contribution in [3.05, 3.63) is 59.7 Å². The third kappa shape index (κ3) is 5.70. The molecule has 4 nitrogen and oxygen atoms in total. The third-order valence-corrected chi connectivity index (χ3v) is 3.47. The second-order valence-corrected chi connectivity index (χ2v) is 5.34. The van der Waals surface area contributed by atoms with E-state index in [2.05, 4.69) is 22.5 Å². The molecule has 5 heteroatoms. The van der Waals surface area contributed by atoms with Crippen LogP contribution in [-0.4, -0.2) is 24.0 Å². The van der Waals surface area contributed by atoms with E-state index >= 15 is 0 Å². The highest BCUT2D eigenvalue weighted by Gasteiger charge is 2.05. The Morgan fingerprint density at radius 2 is 1.91 bits per heavy atom. The molecule has 0 bridgehead atoms. The van der Waals surface area contributed by atoms with Crippen LogP contribution >= 0.6 is 0 Å². The van der Waals surface area contributed by atoms with Gasteiger partial charge in [0.15, 0.2) is 0 Å². The molecule has 2 rings (SSSR count). The zero-order valence-corrected chi connectivity index (χ0v) is 13.3. The summed E-state index contributed by atoms with van der Waals surface area (Å²) in [6.07, 6.45) is 4.46. The zero-order valence-electron chi connectivity index (χ0n) is 13.3. The van der Waals surface area contributed by atoms with Crippen molar-refractivity contribution in [2.75, 3.05) is 18.4 Å². The van der Waals surface area contributed by atoms with Crippen LogP contribution in [0.25, 0.3) is 0 Å². The Morgan fingerprint density at radius 1 is 1.13 bits per heavy atom. The van der Waals surface area contributed by atoms with Crippen molar-refractivity contribution in [1.82, 2.24) is 10.3 Å². The molecule has 1 amide bonds. The van der Waals surface area contributed by atoms with Gasteiger partial charge in [0.2, 0.25) is 0 Å². The van der Waals surface area contributed by atoms with E-state index in [1.807, 2.05) is 6.07 Å². The third-order valence-electron chi connectivity index (χ3n) is 3.47. The minimum Gasteiger partial charge on any atom is -0.383 e. The van der Waals surface area contributed by atoms with Crippen LogP contribution in [0.5, 0.6) is 0 Å². The summed E-state index contributed by atoms with van der Waals surface area (Å²) in [4.78, 5) is 16.0. The summed E-state index contributed by atoms with van der Waals surface area (Å²) >= 11 is 0. The number of carbonyl (C=O) groups is 1. The van der Waals surface area contributed by atoms with Gasteiger partial charge in [0.1, 0.15) is 11.5 Å². The van der Waals surface area contributed by atoms with Crippen molar-refractivity contribution in [2.24, 2.45) is 0 Å². The predicted molar refractivity (Wildman–Crippen MR) is 90.1 cm³/mol. The summed E-state index contributed by atoms with van der Waals surface area (Å²) in [6, 6.07) is 10.0. The van der Waals surface area contributed by atoms with Crippen molar-refractivity contribution in [3.63, 3.8) is 0 Å². The molecule has 0 saturated heterocycles. The second kappa shape index (κ2) is 8.88. The van der Waals surface area contributed by atoms with Crippen LogP contribution in [0.15, 0.2) is 42.6 Å². The number of hydrogen-bond acceptors (Lipinski definition) is 3. The molecule has 1 aromatic heterocycles. The lowest BCUT2D eigenvalue weighted by Crippen LogP contribution is -2.25. The molecule has 0 unspecified atom stereocenters. The number of rotatable bonds is 8. The van der Waals surface area contributed by atoms with Crippen molar-refractivity contribution >= 4 is 11.6 Å². The Kier molecular flexibility index (Phi) is 6.54. The van der Waals surface area contributed by atoms with Gasteiger partial charge in [0.25, 0.3) is 5.91 Å². The molecular formula is C18H22FN3O. The molecule has 0 spiro atoms. The number of anilines is 1. The maximum atomic E-state index is 12.8. The summed E-state index contributed by atoms with van der Waals surface area (Å²) in [5.41, 5.74) is 2.35. The minimum absolute atomic E-state index is 0.142.